The first-order chi connectivity index (χ1) is 9.10. The highest BCUT2D eigenvalue weighted by molar-refractivity contribution is 6.29. The van der Waals surface area contributed by atoms with Crippen molar-refractivity contribution in [2.75, 3.05) is 5.32 Å². The number of nitrogens with zero attached hydrogens (tertiary/aromatic N) is 2. The van der Waals surface area contributed by atoms with E-state index in [1.165, 1.54) is 11.1 Å². The molecule has 19 heavy (non-hydrogen) atoms. The molecule has 0 saturated carbocycles. The van der Waals surface area contributed by atoms with Crippen molar-refractivity contribution >= 4 is 17.4 Å². The summed E-state index contributed by atoms with van der Waals surface area (Å²) in [7, 11) is 0. The van der Waals surface area contributed by atoms with Crippen LogP contribution in [0.3, 0.4) is 0 Å². The Hall–Kier alpha value is -1.61. The molecule has 1 N–H and O–H groups in total. The summed E-state index contributed by atoms with van der Waals surface area (Å²) in [5.41, 5.74) is 2.52. The lowest BCUT2D eigenvalue weighted by Crippen LogP contribution is -2.10. The van der Waals surface area contributed by atoms with Crippen LogP contribution in [0.4, 0.5) is 5.82 Å². The van der Waals surface area contributed by atoms with Crippen LogP contribution in [0.2, 0.25) is 5.15 Å². The standard InChI is InChI=1S/C15H18ClN3/c1-4-14-18-13(16)9-15(19-14)17-11(3)12-8-6-5-7-10(12)2/h5-9,11H,4H2,1-3H3,(H,17,18,19). The average Bonchev–Trinajstić information content (AvgIpc) is 2.38. The molecular formula is C15H18ClN3. The molecule has 1 unspecified atom stereocenters. The number of nitrogens with one attached hydrogen (secondary N) is 1. The molecule has 0 saturated heterocycles. The Bertz CT molecular complexity index is 569. The highest BCUT2D eigenvalue weighted by atomic mass is 35.5. The van der Waals surface area contributed by atoms with Gasteiger partial charge in [-0.05, 0) is 25.0 Å². The average molecular weight is 276 g/mol. The van der Waals surface area contributed by atoms with Gasteiger partial charge in [-0.1, -0.05) is 42.8 Å². The van der Waals surface area contributed by atoms with Crippen molar-refractivity contribution in [3.63, 3.8) is 0 Å². The van der Waals surface area contributed by atoms with Crippen LogP contribution in [-0.4, -0.2) is 9.97 Å². The minimum atomic E-state index is 0.178. The number of benzene rings is 1. The molecule has 0 aliphatic rings. The fourth-order valence-corrected chi connectivity index (χ4v) is 2.27. The Kier molecular flexibility index (Phi) is 4.38. The fraction of sp³-hybridized carbons (Fsp3) is 0.333. The van der Waals surface area contributed by atoms with Gasteiger partial charge in [-0.2, -0.15) is 0 Å². The Balaban J connectivity index is 2.21. The molecule has 100 valence electrons. The zero-order valence-corrected chi connectivity index (χ0v) is 12.2. The number of hydrogen-bond acceptors (Lipinski definition) is 3. The molecule has 2 aromatic rings. The zero-order valence-electron chi connectivity index (χ0n) is 11.4. The molecule has 2 rings (SSSR count). The van der Waals surface area contributed by atoms with Crippen LogP contribution in [0.5, 0.6) is 0 Å². The quantitative estimate of drug-likeness (QED) is 0.851. The molecule has 4 heteroatoms. The van der Waals surface area contributed by atoms with Crippen molar-refractivity contribution in [1.29, 1.82) is 0 Å². The third-order valence-electron chi connectivity index (χ3n) is 3.08. The van der Waals surface area contributed by atoms with Crippen molar-refractivity contribution in [2.24, 2.45) is 0 Å². The van der Waals surface area contributed by atoms with E-state index in [0.717, 1.165) is 18.1 Å². The summed E-state index contributed by atoms with van der Waals surface area (Å²) < 4.78 is 0. The minimum absolute atomic E-state index is 0.178. The maximum atomic E-state index is 6.00. The highest BCUT2D eigenvalue weighted by Gasteiger charge is 2.09. The topological polar surface area (TPSA) is 37.8 Å². The third-order valence-corrected chi connectivity index (χ3v) is 3.27. The highest BCUT2D eigenvalue weighted by Crippen LogP contribution is 2.22. The summed E-state index contributed by atoms with van der Waals surface area (Å²) in [5, 5.41) is 3.86. The van der Waals surface area contributed by atoms with Gasteiger partial charge in [0.2, 0.25) is 0 Å². The molecule has 1 atom stereocenters. The number of hydrogen-bond donors (Lipinski definition) is 1. The monoisotopic (exact) mass is 275 g/mol. The summed E-state index contributed by atoms with van der Waals surface area (Å²) in [4.78, 5) is 8.60. The molecule has 1 heterocycles. The van der Waals surface area contributed by atoms with Crippen LogP contribution in [0.25, 0.3) is 0 Å². The second kappa shape index (κ2) is 6.02. The van der Waals surface area contributed by atoms with E-state index in [1.54, 1.807) is 6.07 Å². The number of rotatable bonds is 4. The zero-order chi connectivity index (χ0) is 13.8. The van der Waals surface area contributed by atoms with E-state index in [2.05, 4.69) is 41.3 Å². The van der Waals surface area contributed by atoms with Gasteiger partial charge in [0.25, 0.3) is 0 Å². The lowest BCUT2D eigenvalue weighted by atomic mass is 10.0. The largest absolute Gasteiger partial charge is 0.363 e. The molecule has 3 nitrogen and oxygen atoms in total. The van der Waals surface area contributed by atoms with Gasteiger partial charge in [-0.15, -0.1) is 0 Å². The normalized spacial score (nSPS) is 12.2. The van der Waals surface area contributed by atoms with E-state index in [-0.39, 0.29) is 6.04 Å². The predicted octanol–water partition coefficient (Wildman–Crippen LogP) is 4.17. The molecule has 1 aromatic heterocycles. The van der Waals surface area contributed by atoms with Gasteiger partial charge in [0.1, 0.15) is 16.8 Å². The van der Waals surface area contributed by atoms with Gasteiger partial charge in [0, 0.05) is 12.5 Å². The molecule has 0 spiro atoms. The Morgan fingerprint density at radius 3 is 2.68 bits per heavy atom. The Morgan fingerprint density at radius 2 is 2.00 bits per heavy atom. The van der Waals surface area contributed by atoms with Crippen molar-refractivity contribution in [1.82, 2.24) is 9.97 Å². The number of aromatic nitrogens is 2. The maximum absolute atomic E-state index is 6.00. The SMILES string of the molecule is CCc1nc(Cl)cc(NC(C)c2ccccc2C)n1. The maximum Gasteiger partial charge on any atom is 0.134 e. The van der Waals surface area contributed by atoms with Crippen LogP contribution >= 0.6 is 11.6 Å². The van der Waals surface area contributed by atoms with Gasteiger partial charge in [0.15, 0.2) is 0 Å². The number of halogens is 1. The van der Waals surface area contributed by atoms with Crippen molar-refractivity contribution in [2.45, 2.75) is 33.2 Å². The molecule has 0 amide bonds. The first-order valence-electron chi connectivity index (χ1n) is 6.45. The molecule has 0 fully saturated rings. The van der Waals surface area contributed by atoms with E-state index >= 15 is 0 Å². The van der Waals surface area contributed by atoms with Crippen LogP contribution in [0.15, 0.2) is 30.3 Å². The summed E-state index contributed by atoms with van der Waals surface area (Å²) in [5.74, 6) is 1.53. The third kappa shape index (κ3) is 3.44. The molecule has 0 aliphatic carbocycles. The molecule has 0 radical (unpaired) electrons. The minimum Gasteiger partial charge on any atom is -0.363 e. The summed E-state index contributed by atoms with van der Waals surface area (Å²) in [6.45, 7) is 6.24. The van der Waals surface area contributed by atoms with E-state index in [9.17, 15) is 0 Å². The second-order valence-electron chi connectivity index (χ2n) is 4.57. The predicted molar refractivity (Wildman–Crippen MR) is 79.6 cm³/mol. The first-order valence-corrected chi connectivity index (χ1v) is 6.83. The van der Waals surface area contributed by atoms with Crippen molar-refractivity contribution in [3.05, 3.63) is 52.4 Å². The summed E-state index contributed by atoms with van der Waals surface area (Å²) >= 11 is 6.00. The van der Waals surface area contributed by atoms with Gasteiger partial charge in [-0.3, -0.25) is 0 Å². The van der Waals surface area contributed by atoms with Crippen LogP contribution in [-0.2, 0) is 6.42 Å². The van der Waals surface area contributed by atoms with Gasteiger partial charge < -0.3 is 5.32 Å². The van der Waals surface area contributed by atoms with Gasteiger partial charge in [0.05, 0.1) is 6.04 Å². The van der Waals surface area contributed by atoms with Crippen LogP contribution < -0.4 is 5.32 Å². The lowest BCUT2D eigenvalue weighted by molar-refractivity contribution is 0.849. The van der Waals surface area contributed by atoms with Crippen LogP contribution in [0, 0.1) is 6.92 Å². The molecule has 0 aliphatic heterocycles. The van der Waals surface area contributed by atoms with Crippen LogP contribution in [0.1, 0.15) is 36.8 Å². The van der Waals surface area contributed by atoms with Gasteiger partial charge >= 0.3 is 0 Å². The van der Waals surface area contributed by atoms with E-state index in [4.69, 9.17) is 11.6 Å². The van der Waals surface area contributed by atoms with Gasteiger partial charge in [-0.25, -0.2) is 9.97 Å². The van der Waals surface area contributed by atoms with Crippen molar-refractivity contribution in [3.8, 4) is 0 Å². The number of aryl methyl sites for hydroxylation is 2. The second-order valence-corrected chi connectivity index (χ2v) is 4.96. The van der Waals surface area contributed by atoms with E-state index in [1.807, 2.05) is 19.1 Å². The smallest absolute Gasteiger partial charge is 0.134 e. The molecule has 0 bridgehead atoms. The summed E-state index contributed by atoms with van der Waals surface area (Å²) in [6.07, 6.45) is 0.772. The molecular weight excluding hydrogens is 258 g/mol. The van der Waals surface area contributed by atoms with Crippen molar-refractivity contribution < 1.29 is 0 Å². The van der Waals surface area contributed by atoms with E-state index < -0.39 is 0 Å². The molecule has 1 aromatic carbocycles. The number of anilines is 1. The summed E-state index contributed by atoms with van der Waals surface area (Å²) in [6, 6.07) is 10.3. The Morgan fingerprint density at radius 1 is 1.26 bits per heavy atom. The lowest BCUT2D eigenvalue weighted by Gasteiger charge is -2.17. The first kappa shape index (κ1) is 13.8. The fourth-order valence-electron chi connectivity index (χ4n) is 2.07. The Labute approximate surface area is 119 Å². The van der Waals surface area contributed by atoms with E-state index in [0.29, 0.717) is 5.15 Å².